The standard InChI is InChI=1S/C17H17F3O2S/c1-23(21,22)16-10-8-15(9-11-16)14-6-4-13(5-7-14)3-2-12-17(18,19)20/h4-11H,2-3,12H2,1H3. The highest BCUT2D eigenvalue weighted by Crippen LogP contribution is 2.24. The van der Waals surface area contributed by atoms with E-state index >= 15 is 0 Å². The Morgan fingerprint density at radius 1 is 0.870 bits per heavy atom. The molecular weight excluding hydrogens is 325 g/mol. The van der Waals surface area contributed by atoms with Gasteiger partial charge in [-0.05, 0) is 41.7 Å². The molecule has 0 radical (unpaired) electrons. The molecule has 0 fully saturated rings. The molecular formula is C17H17F3O2S. The molecule has 0 aliphatic heterocycles. The molecule has 0 atom stereocenters. The summed E-state index contributed by atoms with van der Waals surface area (Å²) in [6.45, 7) is 0. The van der Waals surface area contributed by atoms with Gasteiger partial charge in [0.2, 0.25) is 0 Å². The van der Waals surface area contributed by atoms with Gasteiger partial charge in [0, 0.05) is 12.7 Å². The summed E-state index contributed by atoms with van der Waals surface area (Å²) in [7, 11) is -3.22. The molecule has 0 spiro atoms. The Kier molecular flexibility index (Phi) is 5.14. The Labute approximate surface area is 133 Å². The van der Waals surface area contributed by atoms with Gasteiger partial charge in [-0.1, -0.05) is 36.4 Å². The van der Waals surface area contributed by atoms with E-state index in [0.717, 1.165) is 22.9 Å². The number of halogens is 3. The van der Waals surface area contributed by atoms with Gasteiger partial charge in [0.25, 0.3) is 0 Å². The summed E-state index contributed by atoms with van der Waals surface area (Å²) in [5.41, 5.74) is 2.61. The first kappa shape index (κ1) is 17.5. The van der Waals surface area contributed by atoms with E-state index in [1.807, 2.05) is 12.1 Å². The zero-order valence-electron chi connectivity index (χ0n) is 12.6. The minimum absolute atomic E-state index is 0.0753. The summed E-state index contributed by atoms with van der Waals surface area (Å²) in [5.74, 6) is 0. The van der Waals surface area contributed by atoms with Crippen LogP contribution in [-0.2, 0) is 16.3 Å². The molecule has 2 nitrogen and oxygen atoms in total. The van der Waals surface area contributed by atoms with E-state index in [-0.39, 0.29) is 11.3 Å². The highest BCUT2D eigenvalue weighted by molar-refractivity contribution is 7.90. The van der Waals surface area contributed by atoms with Crippen LogP contribution in [0.1, 0.15) is 18.4 Å². The summed E-state index contributed by atoms with van der Waals surface area (Å²) < 4.78 is 59.2. The molecule has 2 aromatic rings. The Balaban J connectivity index is 2.05. The average molecular weight is 342 g/mol. The van der Waals surface area contributed by atoms with Gasteiger partial charge >= 0.3 is 6.18 Å². The zero-order chi connectivity index (χ0) is 17.1. The van der Waals surface area contributed by atoms with Crippen LogP contribution >= 0.6 is 0 Å². The second kappa shape index (κ2) is 6.74. The SMILES string of the molecule is CS(=O)(=O)c1ccc(-c2ccc(CCCC(F)(F)F)cc2)cc1. The minimum atomic E-state index is -4.11. The first-order chi connectivity index (χ1) is 10.6. The summed E-state index contributed by atoms with van der Waals surface area (Å²) in [5, 5.41) is 0. The third-order valence-electron chi connectivity index (χ3n) is 3.50. The second-order valence-electron chi connectivity index (χ2n) is 5.46. The predicted octanol–water partition coefficient (Wildman–Crippen LogP) is 4.64. The van der Waals surface area contributed by atoms with Gasteiger partial charge < -0.3 is 0 Å². The van der Waals surface area contributed by atoms with Crippen LogP contribution in [-0.4, -0.2) is 20.8 Å². The van der Waals surface area contributed by atoms with Gasteiger partial charge in [-0.15, -0.1) is 0 Å². The third-order valence-corrected chi connectivity index (χ3v) is 4.62. The van der Waals surface area contributed by atoms with E-state index in [1.165, 1.54) is 0 Å². The van der Waals surface area contributed by atoms with Crippen LogP contribution in [0.2, 0.25) is 0 Å². The monoisotopic (exact) mass is 342 g/mol. The first-order valence-corrected chi connectivity index (χ1v) is 9.00. The average Bonchev–Trinajstić information content (AvgIpc) is 2.46. The van der Waals surface area contributed by atoms with Crippen molar-refractivity contribution in [3.05, 3.63) is 54.1 Å². The lowest BCUT2D eigenvalue weighted by Gasteiger charge is -2.07. The lowest BCUT2D eigenvalue weighted by Crippen LogP contribution is -2.07. The predicted molar refractivity (Wildman–Crippen MR) is 84.0 cm³/mol. The number of rotatable bonds is 5. The number of hydrogen-bond acceptors (Lipinski definition) is 2. The van der Waals surface area contributed by atoms with Crippen molar-refractivity contribution in [2.75, 3.05) is 6.26 Å². The smallest absolute Gasteiger partial charge is 0.224 e. The van der Waals surface area contributed by atoms with Gasteiger partial charge in [0.15, 0.2) is 9.84 Å². The summed E-state index contributed by atoms with van der Waals surface area (Å²) in [4.78, 5) is 0.255. The quantitative estimate of drug-likeness (QED) is 0.793. The van der Waals surface area contributed by atoms with Crippen molar-refractivity contribution in [1.82, 2.24) is 0 Å². The summed E-state index contributed by atoms with van der Waals surface area (Å²) in [6.07, 6.45) is -3.28. The van der Waals surface area contributed by atoms with E-state index in [9.17, 15) is 21.6 Å². The largest absolute Gasteiger partial charge is 0.389 e. The van der Waals surface area contributed by atoms with Crippen molar-refractivity contribution in [3.63, 3.8) is 0 Å². The van der Waals surface area contributed by atoms with Crippen LogP contribution in [0.3, 0.4) is 0 Å². The molecule has 0 unspecified atom stereocenters. The third kappa shape index (κ3) is 5.39. The molecule has 2 rings (SSSR count). The Morgan fingerprint density at radius 2 is 1.35 bits per heavy atom. The maximum Gasteiger partial charge on any atom is 0.389 e. The molecule has 0 aliphatic carbocycles. The molecule has 23 heavy (non-hydrogen) atoms. The van der Waals surface area contributed by atoms with Gasteiger partial charge in [0.05, 0.1) is 4.90 Å². The number of alkyl halides is 3. The minimum Gasteiger partial charge on any atom is -0.224 e. The van der Waals surface area contributed by atoms with Crippen molar-refractivity contribution in [3.8, 4) is 11.1 Å². The topological polar surface area (TPSA) is 34.1 Å². The molecule has 0 aliphatic rings. The lowest BCUT2D eigenvalue weighted by atomic mass is 10.0. The molecule has 0 bridgehead atoms. The van der Waals surface area contributed by atoms with Crippen molar-refractivity contribution in [1.29, 1.82) is 0 Å². The van der Waals surface area contributed by atoms with Crippen molar-refractivity contribution in [2.45, 2.75) is 30.3 Å². The van der Waals surface area contributed by atoms with E-state index in [1.54, 1.807) is 36.4 Å². The van der Waals surface area contributed by atoms with Gasteiger partial charge in [-0.2, -0.15) is 13.2 Å². The van der Waals surface area contributed by atoms with Gasteiger partial charge in [-0.25, -0.2) is 8.42 Å². The number of sulfone groups is 1. The Hall–Kier alpha value is -1.82. The Morgan fingerprint density at radius 3 is 1.78 bits per heavy atom. The highest BCUT2D eigenvalue weighted by atomic mass is 32.2. The van der Waals surface area contributed by atoms with Crippen LogP contribution in [0.5, 0.6) is 0 Å². The fraction of sp³-hybridized carbons (Fsp3) is 0.294. The molecule has 0 aromatic heterocycles. The number of aryl methyl sites for hydroxylation is 1. The van der Waals surface area contributed by atoms with Crippen LogP contribution in [0, 0.1) is 0 Å². The molecule has 0 saturated heterocycles. The molecule has 2 aromatic carbocycles. The molecule has 124 valence electrons. The second-order valence-corrected chi connectivity index (χ2v) is 7.48. The van der Waals surface area contributed by atoms with Gasteiger partial charge in [-0.3, -0.25) is 0 Å². The zero-order valence-corrected chi connectivity index (χ0v) is 13.4. The fourth-order valence-corrected chi connectivity index (χ4v) is 2.88. The van der Waals surface area contributed by atoms with Crippen LogP contribution in [0.25, 0.3) is 11.1 Å². The van der Waals surface area contributed by atoms with Crippen LogP contribution in [0.4, 0.5) is 13.2 Å². The van der Waals surface area contributed by atoms with E-state index in [2.05, 4.69) is 0 Å². The first-order valence-electron chi connectivity index (χ1n) is 7.11. The molecule has 0 N–H and O–H groups in total. The molecule has 0 saturated carbocycles. The Bertz CT molecular complexity index is 746. The lowest BCUT2D eigenvalue weighted by molar-refractivity contribution is -0.135. The maximum absolute atomic E-state index is 12.1. The summed E-state index contributed by atoms with van der Waals surface area (Å²) >= 11 is 0. The van der Waals surface area contributed by atoms with Crippen molar-refractivity contribution < 1.29 is 21.6 Å². The van der Waals surface area contributed by atoms with Crippen LogP contribution in [0.15, 0.2) is 53.4 Å². The maximum atomic E-state index is 12.1. The summed E-state index contributed by atoms with van der Waals surface area (Å²) in [6, 6.07) is 13.8. The number of benzene rings is 2. The highest BCUT2D eigenvalue weighted by Gasteiger charge is 2.25. The molecule has 0 heterocycles. The van der Waals surface area contributed by atoms with Crippen LogP contribution < -0.4 is 0 Å². The van der Waals surface area contributed by atoms with E-state index in [0.29, 0.717) is 6.42 Å². The fourth-order valence-electron chi connectivity index (χ4n) is 2.25. The molecule has 0 amide bonds. The molecule has 6 heteroatoms. The van der Waals surface area contributed by atoms with E-state index < -0.39 is 22.4 Å². The van der Waals surface area contributed by atoms with Crippen molar-refractivity contribution in [2.24, 2.45) is 0 Å². The van der Waals surface area contributed by atoms with E-state index in [4.69, 9.17) is 0 Å². The number of hydrogen-bond donors (Lipinski definition) is 0. The van der Waals surface area contributed by atoms with Gasteiger partial charge in [0.1, 0.15) is 0 Å². The normalized spacial score (nSPS) is 12.3. The van der Waals surface area contributed by atoms with Crippen molar-refractivity contribution >= 4 is 9.84 Å².